The number of rotatable bonds is 6. The third kappa shape index (κ3) is 4.66. The van der Waals surface area contributed by atoms with Gasteiger partial charge in [-0.25, -0.2) is 9.98 Å². The standard InChI is InChI=1S/C23H24N4O3/c1-4-5-11-30-18-9-10-19(25-15-18)20(28)13-16-7-6-8-17(12-16)23(2)14-21(29)27(3)22(24)26-23/h6-10,12,15H,11,13-14H2,1-3H3,(H2,24,26). The lowest BCUT2D eigenvalue weighted by molar-refractivity contribution is -0.128. The Balaban J connectivity index is 1.74. The van der Waals surface area contributed by atoms with Crippen molar-refractivity contribution in [3.63, 3.8) is 0 Å². The summed E-state index contributed by atoms with van der Waals surface area (Å²) in [6.45, 7) is 3.89. The second-order valence-corrected chi connectivity index (χ2v) is 7.27. The minimum absolute atomic E-state index is 0.0945. The SMILES string of the molecule is CC#CCOc1ccc(C(=O)Cc2cccc(C3(C)CC(=O)N(C)C(N)=N3)c2)nc1. The normalized spacial score (nSPS) is 18.3. The van der Waals surface area contributed by atoms with E-state index >= 15 is 0 Å². The summed E-state index contributed by atoms with van der Waals surface area (Å²) in [5, 5.41) is 0. The molecule has 0 spiro atoms. The number of hydrogen-bond donors (Lipinski definition) is 1. The molecular formula is C23H24N4O3. The number of ether oxygens (including phenoxy) is 1. The average Bonchev–Trinajstić information content (AvgIpc) is 2.73. The van der Waals surface area contributed by atoms with Gasteiger partial charge in [0.1, 0.15) is 18.1 Å². The summed E-state index contributed by atoms with van der Waals surface area (Å²) in [5.41, 5.74) is 7.16. The number of ketones is 1. The summed E-state index contributed by atoms with van der Waals surface area (Å²) in [7, 11) is 1.61. The second kappa shape index (κ2) is 8.78. The van der Waals surface area contributed by atoms with E-state index in [1.54, 1.807) is 26.1 Å². The summed E-state index contributed by atoms with van der Waals surface area (Å²) in [4.78, 5) is 35.0. The van der Waals surface area contributed by atoms with Crippen LogP contribution in [0.1, 0.15) is 41.9 Å². The molecule has 3 rings (SSSR count). The van der Waals surface area contributed by atoms with Crippen molar-refractivity contribution < 1.29 is 14.3 Å². The molecule has 30 heavy (non-hydrogen) atoms. The maximum atomic E-state index is 12.7. The molecule has 1 aromatic heterocycles. The Morgan fingerprint density at radius 2 is 2.13 bits per heavy atom. The summed E-state index contributed by atoms with van der Waals surface area (Å²) >= 11 is 0. The molecule has 2 heterocycles. The Morgan fingerprint density at radius 3 is 2.80 bits per heavy atom. The van der Waals surface area contributed by atoms with E-state index in [-0.39, 0.29) is 37.1 Å². The Hall–Kier alpha value is -3.66. The second-order valence-electron chi connectivity index (χ2n) is 7.27. The zero-order chi connectivity index (χ0) is 21.7. The van der Waals surface area contributed by atoms with Gasteiger partial charge in [-0.3, -0.25) is 14.5 Å². The molecule has 7 nitrogen and oxygen atoms in total. The number of aromatic nitrogens is 1. The molecule has 2 aromatic rings. The van der Waals surface area contributed by atoms with Crippen LogP contribution in [0.2, 0.25) is 0 Å². The van der Waals surface area contributed by atoms with Crippen LogP contribution in [0.5, 0.6) is 5.75 Å². The van der Waals surface area contributed by atoms with Crippen molar-refractivity contribution in [2.24, 2.45) is 10.7 Å². The monoisotopic (exact) mass is 404 g/mol. The number of Topliss-reactive ketones (excluding diaryl/α,β-unsaturated/α-hetero) is 1. The first-order chi connectivity index (χ1) is 14.3. The number of carbonyl (C=O) groups is 2. The van der Waals surface area contributed by atoms with E-state index in [0.29, 0.717) is 11.4 Å². The number of pyridine rings is 1. The molecule has 0 aliphatic carbocycles. The molecule has 0 saturated carbocycles. The zero-order valence-electron chi connectivity index (χ0n) is 17.3. The first-order valence-corrected chi connectivity index (χ1v) is 9.55. The molecule has 0 fully saturated rings. The van der Waals surface area contributed by atoms with Gasteiger partial charge in [0.05, 0.1) is 18.2 Å². The third-order valence-corrected chi connectivity index (χ3v) is 5.00. The quantitative estimate of drug-likeness (QED) is 0.588. The Morgan fingerprint density at radius 1 is 1.33 bits per heavy atom. The number of amides is 1. The van der Waals surface area contributed by atoms with Gasteiger partial charge in [-0.15, -0.1) is 5.92 Å². The summed E-state index contributed by atoms with van der Waals surface area (Å²) in [6.07, 6.45) is 1.92. The van der Waals surface area contributed by atoms with Gasteiger partial charge in [-0.1, -0.05) is 30.2 Å². The van der Waals surface area contributed by atoms with Gasteiger partial charge in [0.2, 0.25) is 5.91 Å². The number of nitrogens with two attached hydrogens (primary N) is 1. The number of hydrogen-bond acceptors (Lipinski definition) is 6. The molecule has 1 amide bonds. The number of aliphatic imine (C=N–C) groups is 1. The number of nitrogens with zero attached hydrogens (tertiary/aromatic N) is 3. The van der Waals surface area contributed by atoms with E-state index in [0.717, 1.165) is 11.1 Å². The van der Waals surface area contributed by atoms with E-state index in [9.17, 15) is 9.59 Å². The molecule has 1 aliphatic rings. The molecule has 0 bridgehead atoms. The lowest BCUT2D eigenvalue weighted by atomic mass is 9.86. The summed E-state index contributed by atoms with van der Waals surface area (Å²) < 4.78 is 5.42. The topological polar surface area (TPSA) is 97.9 Å². The molecule has 1 unspecified atom stereocenters. The van der Waals surface area contributed by atoms with E-state index in [1.165, 1.54) is 11.1 Å². The van der Waals surface area contributed by atoms with Crippen molar-refractivity contribution in [3.05, 3.63) is 59.4 Å². The van der Waals surface area contributed by atoms with Gasteiger partial charge in [0, 0.05) is 13.5 Å². The van der Waals surface area contributed by atoms with E-state index in [4.69, 9.17) is 10.5 Å². The number of carbonyl (C=O) groups excluding carboxylic acids is 2. The van der Waals surface area contributed by atoms with Crippen molar-refractivity contribution in [1.82, 2.24) is 9.88 Å². The van der Waals surface area contributed by atoms with Crippen molar-refractivity contribution in [2.75, 3.05) is 13.7 Å². The van der Waals surface area contributed by atoms with Crippen LogP contribution in [-0.2, 0) is 16.8 Å². The van der Waals surface area contributed by atoms with Crippen LogP contribution in [0.4, 0.5) is 0 Å². The average molecular weight is 404 g/mol. The largest absolute Gasteiger partial charge is 0.479 e. The molecular weight excluding hydrogens is 380 g/mol. The van der Waals surface area contributed by atoms with Gasteiger partial charge in [-0.2, -0.15) is 0 Å². The molecule has 1 aromatic carbocycles. The number of guanidine groups is 1. The first-order valence-electron chi connectivity index (χ1n) is 9.55. The Kier molecular flexibility index (Phi) is 6.17. The maximum Gasteiger partial charge on any atom is 0.231 e. The summed E-state index contributed by atoms with van der Waals surface area (Å²) in [6, 6.07) is 10.9. The maximum absolute atomic E-state index is 12.7. The predicted molar refractivity (Wildman–Crippen MR) is 114 cm³/mol. The van der Waals surface area contributed by atoms with Crippen molar-refractivity contribution in [2.45, 2.75) is 32.2 Å². The van der Waals surface area contributed by atoms with Gasteiger partial charge < -0.3 is 10.5 Å². The van der Waals surface area contributed by atoms with Gasteiger partial charge >= 0.3 is 0 Å². The Labute approximate surface area is 176 Å². The van der Waals surface area contributed by atoms with Crippen molar-refractivity contribution >= 4 is 17.6 Å². The summed E-state index contributed by atoms with van der Waals surface area (Å²) in [5.74, 6) is 6.09. The van der Waals surface area contributed by atoms with E-state index in [2.05, 4.69) is 21.8 Å². The van der Waals surface area contributed by atoms with Crippen LogP contribution < -0.4 is 10.5 Å². The first kappa shape index (κ1) is 21.1. The van der Waals surface area contributed by atoms with Crippen LogP contribution >= 0.6 is 0 Å². The van der Waals surface area contributed by atoms with Gasteiger partial charge in [-0.05, 0) is 37.1 Å². The van der Waals surface area contributed by atoms with Crippen LogP contribution in [0.3, 0.4) is 0 Å². The molecule has 1 atom stereocenters. The third-order valence-electron chi connectivity index (χ3n) is 5.00. The lowest BCUT2D eigenvalue weighted by Gasteiger charge is -2.33. The minimum Gasteiger partial charge on any atom is -0.479 e. The predicted octanol–water partition coefficient (Wildman–Crippen LogP) is 2.30. The van der Waals surface area contributed by atoms with Crippen molar-refractivity contribution in [3.8, 4) is 17.6 Å². The van der Waals surface area contributed by atoms with Gasteiger partial charge in [0.25, 0.3) is 0 Å². The van der Waals surface area contributed by atoms with Gasteiger partial charge in [0.15, 0.2) is 11.7 Å². The fourth-order valence-electron chi connectivity index (χ4n) is 3.19. The highest BCUT2D eigenvalue weighted by Gasteiger charge is 2.36. The van der Waals surface area contributed by atoms with Crippen LogP contribution in [0.25, 0.3) is 0 Å². The van der Waals surface area contributed by atoms with Crippen LogP contribution in [0.15, 0.2) is 47.6 Å². The van der Waals surface area contributed by atoms with Crippen LogP contribution in [0, 0.1) is 11.8 Å². The molecule has 154 valence electrons. The number of benzene rings is 1. The fraction of sp³-hybridized carbons (Fsp3) is 0.304. The van der Waals surface area contributed by atoms with Crippen LogP contribution in [-0.4, -0.2) is 41.2 Å². The fourth-order valence-corrected chi connectivity index (χ4v) is 3.19. The highest BCUT2D eigenvalue weighted by atomic mass is 16.5. The zero-order valence-corrected chi connectivity index (χ0v) is 17.3. The molecule has 2 N–H and O–H groups in total. The lowest BCUT2D eigenvalue weighted by Crippen LogP contribution is -2.47. The van der Waals surface area contributed by atoms with E-state index in [1.807, 2.05) is 31.2 Å². The smallest absolute Gasteiger partial charge is 0.231 e. The van der Waals surface area contributed by atoms with Crippen molar-refractivity contribution in [1.29, 1.82) is 0 Å². The Bertz CT molecular complexity index is 1050. The molecule has 0 saturated heterocycles. The minimum atomic E-state index is -0.759. The molecule has 1 aliphatic heterocycles. The molecule has 7 heteroatoms. The van der Waals surface area contributed by atoms with E-state index < -0.39 is 5.54 Å². The highest BCUT2D eigenvalue weighted by molar-refractivity contribution is 5.99. The highest BCUT2D eigenvalue weighted by Crippen LogP contribution is 2.33. The molecule has 0 radical (unpaired) electrons.